The molecule has 158 valence electrons. The van der Waals surface area contributed by atoms with Crippen LogP contribution < -0.4 is 10.6 Å². The Morgan fingerprint density at radius 1 is 0.750 bits per heavy atom. The molecule has 0 bridgehead atoms. The van der Waals surface area contributed by atoms with Crippen LogP contribution in [0.25, 0.3) is 16.8 Å². The highest BCUT2D eigenvalue weighted by Gasteiger charge is 2.17. The van der Waals surface area contributed by atoms with Gasteiger partial charge in [0.1, 0.15) is 5.70 Å². The third-order valence-electron chi connectivity index (χ3n) is 5.30. The summed E-state index contributed by atoms with van der Waals surface area (Å²) in [5.74, 6) is -0.682. The molecule has 4 rings (SSSR count). The highest BCUT2D eigenvalue weighted by atomic mass is 16.2. The molecule has 0 saturated heterocycles. The van der Waals surface area contributed by atoms with E-state index < -0.39 is 0 Å². The number of hydrogen-bond donors (Lipinski definition) is 2. The van der Waals surface area contributed by atoms with E-state index in [4.69, 9.17) is 0 Å². The molecule has 0 radical (unpaired) electrons. The molecule has 0 aliphatic heterocycles. The molecule has 4 aromatic rings. The van der Waals surface area contributed by atoms with Crippen molar-refractivity contribution in [2.45, 2.75) is 13.0 Å². The molecule has 0 fully saturated rings. The SMILES string of the molecule is C[C@H](NC(=O)/C(=C/c1cccc2ccccc12)NC(=O)c1ccccc1)c1ccccc1. The zero-order chi connectivity index (χ0) is 22.3. The molecule has 32 heavy (non-hydrogen) atoms. The fourth-order valence-corrected chi connectivity index (χ4v) is 3.57. The Morgan fingerprint density at radius 2 is 1.38 bits per heavy atom. The quantitative estimate of drug-likeness (QED) is 0.405. The van der Waals surface area contributed by atoms with Gasteiger partial charge in [0.15, 0.2) is 0 Å². The largest absolute Gasteiger partial charge is 0.344 e. The molecule has 1 atom stereocenters. The van der Waals surface area contributed by atoms with Gasteiger partial charge in [0.25, 0.3) is 11.8 Å². The maximum absolute atomic E-state index is 13.2. The van der Waals surface area contributed by atoms with E-state index in [2.05, 4.69) is 10.6 Å². The van der Waals surface area contributed by atoms with E-state index in [0.717, 1.165) is 21.9 Å². The van der Waals surface area contributed by atoms with Gasteiger partial charge in [-0.1, -0.05) is 91.0 Å². The standard InChI is InChI=1S/C28H24N2O2/c1-20(21-11-4-2-5-12-21)29-28(32)26(30-27(31)23-14-6-3-7-15-23)19-24-17-10-16-22-13-8-9-18-25(22)24/h2-20H,1H3,(H,29,32)(H,30,31)/b26-19-/t20-/m0/s1. The summed E-state index contributed by atoms with van der Waals surface area (Å²) in [4.78, 5) is 26.1. The molecule has 4 heteroatoms. The van der Waals surface area contributed by atoms with E-state index in [9.17, 15) is 9.59 Å². The third kappa shape index (κ3) is 4.93. The van der Waals surface area contributed by atoms with Crippen molar-refractivity contribution in [1.82, 2.24) is 10.6 Å². The molecule has 0 heterocycles. The van der Waals surface area contributed by atoms with Gasteiger partial charge in [-0.3, -0.25) is 9.59 Å². The number of carbonyl (C=O) groups is 2. The number of amides is 2. The molecule has 0 saturated carbocycles. The maximum atomic E-state index is 13.2. The summed E-state index contributed by atoms with van der Waals surface area (Å²) in [6.07, 6.45) is 1.73. The van der Waals surface area contributed by atoms with Gasteiger partial charge in [-0.15, -0.1) is 0 Å². The molecule has 0 aliphatic carbocycles. The topological polar surface area (TPSA) is 58.2 Å². The Kier molecular flexibility index (Phi) is 6.42. The van der Waals surface area contributed by atoms with Crippen molar-refractivity contribution in [3.8, 4) is 0 Å². The van der Waals surface area contributed by atoms with Crippen LogP contribution in [0.1, 0.15) is 34.5 Å². The van der Waals surface area contributed by atoms with Gasteiger partial charge in [0.05, 0.1) is 6.04 Å². The number of nitrogens with one attached hydrogen (secondary N) is 2. The Balaban J connectivity index is 1.68. The number of rotatable bonds is 6. The minimum atomic E-state index is -0.349. The van der Waals surface area contributed by atoms with Crippen molar-refractivity contribution >= 4 is 28.7 Å². The van der Waals surface area contributed by atoms with Crippen LogP contribution in [0.5, 0.6) is 0 Å². The predicted molar refractivity (Wildman–Crippen MR) is 129 cm³/mol. The van der Waals surface area contributed by atoms with Crippen LogP contribution >= 0.6 is 0 Å². The van der Waals surface area contributed by atoms with Gasteiger partial charge in [0.2, 0.25) is 0 Å². The number of benzene rings is 4. The van der Waals surface area contributed by atoms with Crippen LogP contribution in [0.15, 0.2) is 109 Å². The normalized spacial score (nSPS) is 12.2. The van der Waals surface area contributed by atoms with Crippen molar-refractivity contribution in [3.05, 3.63) is 126 Å². The van der Waals surface area contributed by atoms with Crippen molar-refractivity contribution < 1.29 is 9.59 Å². The second-order valence-corrected chi connectivity index (χ2v) is 7.55. The van der Waals surface area contributed by atoms with Crippen molar-refractivity contribution in [3.63, 3.8) is 0 Å². The molecule has 0 unspecified atom stereocenters. The highest BCUT2D eigenvalue weighted by molar-refractivity contribution is 6.06. The van der Waals surface area contributed by atoms with E-state index in [-0.39, 0.29) is 23.6 Å². The van der Waals surface area contributed by atoms with Crippen LogP contribution in [0.2, 0.25) is 0 Å². The Morgan fingerprint density at radius 3 is 2.12 bits per heavy atom. The molecule has 0 spiro atoms. The van der Waals surface area contributed by atoms with Crippen molar-refractivity contribution in [2.24, 2.45) is 0 Å². The van der Waals surface area contributed by atoms with Crippen molar-refractivity contribution in [2.75, 3.05) is 0 Å². The average Bonchev–Trinajstić information content (AvgIpc) is 2.84. The van der Waals surface area contributed by atoms with Gasteiger partial charge >= 0.3 is 0 Å². The fourth-order valence-electron chi connectivity index (χ4n) is 3.57. The van der Waals surface area contributed by atoms with Gasteiger partial charge in [0, 0.05) is 5.56 Å². The lowest BCUT2D eigenvalue weighted by Crippen LogP contribution is -2.36. The predicted octanol–water partition coefficient (Wildman–Crippen LogP) is 5.49. The first-order valence-corrected chi connectivity index (χ1v) is 10.5. The minimum Gasteiger partial charge on any atom is -0.344 e. The molecule has 4 nitrogen and oxygen atoms in total. The second-order valence-electron chi connectivity index (χ2n) is 7.55. The molecular weight excluding hydrogens is 396 g/mol. The van der Waals surface area contributed by atoms with E-state index in [1.54, 1.807) is 30.3 Å². The summed E-state index contributed by atoms with van der Waals surface area (Å²) in [5, 5.41) is 7.88. The van der Waals surface area contributed by atoms with Gasteiger partial charge in [-0.05, 0) is 47.0 Å². The summed E-state index contributed by atoms with van der Waals surface area (Å²) in [6.45, 7) is 1.92. The molecule has 2 amide bonds. The second kappa shape index (κ2) is 9.75. The zero-order valence-electron chi connectivity index (χ0n) is 17.8. The number of fused-ring (bicyclic) bond motifs is 1. The van der Waals surface area contributed by atoms with E-state index in [0.29, 0.717) is 5.56 Å². The van der Waals surface area contributed by atoms with E-state index in [1.807, 2.05) is 85.8 Å². The highest BCUT2D eigenvalue weighted by Crippen LogP contribution is 2.21. The van der Waals surface area contributed by atoms with Gasteiger partial charge in [-0.2, -0.15) is 0 Å². The number of carbonyl (C=O) groups excluding carboxylic acids is 2. The van der Waals surface area contributed by atoms with Crippen LogP contribution in [0.4, 0.5) is 0 Å². The van der Waals surface area contributed by atoms with Crippen LogP contribution in [0.3, 0.4) is 0 Å². The van der Waals surface area contributed by atoms with Crippen LogP contribution in [0, 0.1) is 0 Å². The van der Waals surface area contributed by atoms with Gasteiger partial charge in [-0.25, -0.2) is 0 Å². The molecule has 4 aromatic carbocycles. The summed E-state index contributed by atoms with van der Waals surface area (Å²) < 4.78 is 0. The number of hydrogen-bond acceptors (Lipinski definition) is 2. The summed E-state index contributed by atoms with van der Waals surface area (Å²) in [7, 11) is 0. The Labute approximate surface area is 187 Å². The summed E-state index contributed by atoms with van der Waals surface area (Å²) in [5.41, 5.74) is 2.52. The first-order chi connectivity index (χ1) is 15.6. The Bertz CT molecular complexity index is 1260. The average molecular weight is 421 g/mol. The Hall–Kier alpha value is -4.18. The monoisotopic (exact) mass is 420 g/mol. The molecule has 0 aromatic heterocycles. The summed E-state index contributed by atoms with van der Waals surface area (Å²) in [6, 6.07) is 32.2. The molecule has 0 aliphatic rings. The first kappa shape index (κ1) is 21.1. The third-order valence-corrected chi connectivity index (χ3v) is 5.30. The van der Waals surface area contributed by atoms with E-state index in [1.165, 1.54) is 0 Å². The molecule has 2 N–H and O–H groups in total. The van der Waals surface area contributed by atoms with Gasteiger partial charge < -0.3 is 10.6 Å². The lowest BCUT2D eigenvalue weighted by molar-refractivity contribution is -0.118. The lowest BCUT2D eigenvalue weighted by atomic mass is 10.0. The lowest BCUT2D eigenvalue weighted by Gasteiger charge is -2.17. The van der Waals surface area contributed by atoms with Crippen LogP contribution in [-0.4, -0.2) is 11.8 Å². The first-order valence-electron chi connectivity index (χ1n) is 10.5. The maximum Gasteiger partial charge on any atom is 0.268 e. The summed E-state index contributed by atoms with van der Waals surface area (Å²) >= 11 is 0. The van der Waals surface area contributed by atoms with E-state index >= 15 is 0 Å². The minimum absolute atomic E-state index is 0.193. The smallest absolute Gasteiger partial charge is 0.268 e. The molecular formula is C28H24N2O2. The van der Waals surface area contributed by atoms with Crippen molar-refractivity contribution in [1.29, 1.82) is 0 Å². The van der Waals surface area contributed by atoms with Crippen LogP contribution in [-0.2, 0) is 4.79 Å². The zero-order valence-corrected chi connectivity index (χ0v) is 17.8. The fraction of sp³-hybridized carbons (Fsp3) is 0.0714.